The molecule has 0 amide bonds. The molecule has 0 aliphatic carbocycles. The molecule has 4 heterocycles. The van der Waals surface area contributed by atoms with E-state index in [1.165, 1.54) is 18.4 Å². The summed E-state index contributed by atoms with van der Waals surface area (Å²) in [4.78, 5) is 27.0. The van der Waals surface area contributed by atoms with Gasteiger partial charge in [-0.15, -0.1) is 0 Å². The van der Waals surface area contributed by atoms with E-state index in [1.807, 2.05) is 36.7 Å². The molecule has 0 unspecified atom stereocenters. The van der Waals surface area contributed by atoms with Crippen LogP contribution >= 0.6 is 0 Å². The van der Waals surface area contributed by atoms with Crippen molar-refractivity contribution in [1.29, 1.82) is 0 Å². The number of pyridine rings is 1. The van der Waals surface area contributed by atoms with Crippen molar-refractivity contribution in [1.82, 2.24) is 30.0 Å². The summed E-state index contributed by atoms with van der Waals surface area (Å²) in [6, 6.07) is 15.7. The number of rotatable bonds is 4. The van der Waals surface area contributed by atoms with E-state index in [0.29, 0.717) is 16.9 Å². The van der Waals surface area contributed by atoms with Crippen molar-refractivity contribution in [2.45, 2.75) is 19.4 Å². The molecule has 2 N–H and O–H groups in total. The van der Waals surface area contributed by atoms with Crippen molar-refractivity contribution in [3.63, 3.8) is 0 Å². The predicted octanol–water partition coefficient (Wildman–Crippen LogP) is 4.12. The molecule has 1 fully saturated rings. The lowest BCUT2D eigenvalue weighted by molar-refractivity contribution is 0.331. The van der Waals surface area contributed by atoms with Crippen LogP contribution in [-0.2, 0) is 6.54 Å². The number of para-hydroxylation sites is 1. The second kappa shape index (κ2) is 7.69. The highest BCUT2D eigenvalue weighted by Gasteiger charge is 2.15. The molecule has 7 nitrogen and oxygen atoms in total. The molecule has 32 heavy (non-hydrogen) atoms. The van der Waals surface area contributed by atoms with Crippen molar-refractivity contribution in [3.8, 4) is 22.6 Å². The maximum absolute atomic E-state index is 12.5. The van der Waals surface area contributed by atoms with Gasteiger partial charge in [0.2, 0.25) is 0 Å². The summed E-state index contributed by atoms with van der Waals surface area (Å²) < 4.78 is 0. The van der Waals surface area contributed by atoms with Crippen LogP contribution in [0.3, 0.4) is 0 Å². The zero-order valence-electron chi connectivity index (χ0n) is 17.5. The molecule has 0 bridgehead atoms. The second-order valence-electron chi connectivity index (χ2n) is 8.33. The van der Waals surface area contributed by atoms with Gasteiger partial charge in [-0.25, -0.2) is 0 Å². The molecule has 158 valence electrons. The van der Waals surface area contributed by atoms with Gasteiger partial charge in [-0.05, 0) is 67.4 Å². The standard InChI is InChI=1S/C25H22N6O/c32-25-19-5-1-2-6-21(19)27-24(28-25)23-20-12-17(7-8-22(20)29-30-23)18-11-16(13-26-14-18)15-31-9-3-4-10-31/h1-2,5-8,11-14H,3-4,9-10,15H2,(H,29,30)(H,27,28,32). The van der Waals surface area contributed by atoms with Gasteiger partial charge in [0, 0.05) is 29.9 Å². The molecule has 0 radical (unpaired) electrons. The number of fused-ring (bicyclic) bond motifs is 2. The monoisotopic (exact) mass is 422 g/mol. The Balaban J connectivity index is 1.41. The molecule has 1 aliphatic heterocycles. The SMILES string of the molecule is O=c1nc(-c2n[nH]c3ccc(-c4cncc(CN5CCCC5)c4)cc23)[nH]c2ccccc12. The van der Waals surface area contributed by atoms with Crippen molar-refractivity contribution >= 4 is 21.8 Å². The summed E-state index contributed by atoms with van der Waals surface area (Å²) in [7, 11) is 0. The molecule has 7 heteroatoms. The molecule has 1 aliphatic rings. The summed E-state index contributed by atoms with van der Waals surface area (Å²) in [6.07, 6.45) is 6.40. The number of aromatic nitrogens is 5. The van der Waals surface area contributed by atoms with E-state index in [1.54, 1.807) is 6.07 Å². The van der Waals surface area contributed by atoms with Crippen molar-refractivity contribution in [2.75, 3.05) is 13.1 Å². The van der Waals surface area contributed by atoms with Gasteiger partial charge >= 0.3 is 0 Å². The minimum Gasteiger partial charge on any atom is -0.338 e. The first kappa shape index (κ1) is 18.9. The van der Waals surface area contributed by atoms with Crippen LogP contribution in [0, 0.1) is 0 Å². The van der Waals surface area contributed by atoms with Crippen LogP contribution in [-0.4, -0.2) is 43.1 Å². The minimum absolute atomic E-state index is 0.263. The van der Waals surface area contributed by atoms with Crippen LogP contribution in [0.1, 0.15) is 18.4 Å². The van der Waals surface area contributed by atoms with Crippen LogP contribution < -0.4 is 5.56 Å². The number of hydrogen-bond donors (Lipinski definition) is 2. The Hall–Kier alpha value is -3.84. The number of nitrogens with one attached hydrogen (secondary N) is 2. The fourth-order valence-electron chi connectivity index (χ4n) is 4.51. The molecule has 0 atom stereocenters. The third kappa shape index (κ3) is 3.36. The number of likely N-dealkylation sites (tertiary alicyclic amines) is 1. The van der Waals surface area contributed by atoms with E-state index < -0.39 is 0 Å². The Kier molecular flexibility index (Phi) is 4.54. The fraction of sp³-hybridized carbons (Fsp3) is 0.200. The van der Waals surface area contributed by atoms with Gasteiger partial charge in [0.15, 0.2) is 5.82 Å². The summed E-state index contributed by atoms with van der Waals surface area (Å²) >= 11 is 0. The molecular weight excluding hydrogens is 400 g/mol. The maximum Gasteiger partial charge on any atom is 0.281 e. The highest BCUT2D eigenvalue weighted by atomic mass is 16.1. The predicted molar refractivity (Wildman–Crippen MR) is 125 cm³/mol. The van der Waals surface area contributed by atoms with Gasteiger partial charge in [-0.1, -0.05) is 18.2 Å². The first-order valence-electron chi connectivity index (χ1n) is 10.9. The molecule has 6 rings (SSSR count). The van der Waals surface area contributed by atoms with Crippen LogP contribution in [0.25, 0.3) is 44.5 Å². The first-order chi connectivity index (χ1) is 15.7. The van der Waals surface area contributed by atoms with Crippen LogP contribution in [0.4, 0.5) is 0 Å². The zero-order valence-corrected chi connectivity index (χ0v) is 17.5. The molecule has 1 saturated heterocycles. The Labute approximate surface area is 184 Å². The van der Waals surface area contributed by atoms with Gasteiger partial charge in [0.05, 0.1) is 16.4 Å². The Morgan fingerprint density at radius 3 is 2.69 bits per heavy atom. The van der Waals surface area contributed by atoms with Crippen LogP contribution in [0.15, 0.2) is 65.7 Å². The zero-order chi connectivity index (χ0) is 21.5. The summed E-state index contributed by atoms with van der Waals surface area (Å²) in [5.74, 6) is 0.456. The maximum atomic E-state index is 12.5. The number of benzene rings is 2. The van der Waals surface area contributed by atoms with Gasteiger partial charge in [0.25, 0.3) is 5.56 Å². The largest absolute Gasteiger partial charge is 0.338 e. The summed E-state index contributed by atoms with van der Waals surface area (Å²) in [5, 5.41) is 8.99. The lowest BCUT2D eigenvalue weighted by atomic mass is 10.0. The second-order valence-corrected chi connectivity index (χ2v) is 8.33. The smallest absolute Gasteiger partial charge is 0.281 e. The lowest BCUT2D eigenvalue weighted by Gasteiger charge is -2.14. The van der Waals surface area contributed by atoms with Gasteiger partial charge in [-0.3, -0.25) is 19.8 Å². The highest BCUT2D eigenvalue weighted by Crippen LogP contribution is 2.29. The summed E-state index contributed by atoms with van der Waals surface area (Å²) in [5.41, 5.74) is 5.34. The Morgan fingerprint density at radius 2 is 1.78 bits per heavy atom. The van der Waals surface area contributed by atoms with Crippen molar-refractivity contribution in [3.05, 3.63) is 76.8 Å². The third-order valence-corrected chi connectivity index (χ3v) is 6.14. The van der Waals surface area contributed by atoms with E-state index in [-0.39, 0.29) is 5.56 Å². The Morgan fingerprint density at radius 1 is 0.906 bits per heavy atom. The average molecular weight is 422 g/mol. The molecule has 2 aromatic carbocycles. The minimum atomic E-state index is -0.263. The Bertz CT molecular complexity index is 1500. The number of aromatic amines is 2. The van der Waals surface area contributed by atoms with E-state index in [2.05, 4.69) is 48.2 Å². The topological polar surface area (TPSA) is 90.6 Å². The first-order valence-corrected chi connectivity index (χ1v) is 10.9. The molecular formula is C25H22N6O. The summed E-state index contributed by atoms with van der Waals surface area (Å²) in [6.45, 7) is 3.25. The van der Waals surface area contributed by atoms with E-state index in [9.17, 15) is 4.79 Å². The number of hydrogen-bond acceptors (Lipinski definition) is 5. The van der Waals surface area contributed by atoms with Crippen molar-refractivity contribution in [2.24, 2.45) is 0 Å². The van der Waals surface area contributed by atoms with Gasteiger partial charge in [0.1, 0.15) is 5.69 Å². The number of nitrogens with zero attached hydrogens (tertiary/aromatic N) is 4. The van der Waals surface area contributed by atoms with Gasteiger partial charge < -0.3 is 4.98 Å². The number of H-pyrrole nitrogens is 2. The molecule has 5 aromatic rings. The molecule has 0 spiro atoms. The lowest BCUT2D eigenvalue weighted by Crippen LogP contribution is -2.18. The quantitative estimate of drug-likeness (QED) is 0.455. The van der Waals surface area contributed by atoms with E-state index in [0.717, 1.165) is 47.2 Å². The third-order valence-electron chi connectivity index (χ3n) is 6.14. The average Bonchev–Trinajstić information content (AvgIpc) is 3.48. The van der Waals surface area contributed by atoms with Crippen molar-refractivity contribution < 1.29 is 0 Å². The normalized spacial score (nSPS) is 14.5. The molecule has 3 aromatic heterocycles. The molecule has 0 saturated carbocycles. The van der Waals surface area contributed by atoms with E-state index in [4.69, 9.17) is 0 Å². The van der Waals surface area contributed by atoms with Gasteiger partial charge in [-0.2, -0.15) is 10.1 Å². The highest BCUT2D eigenvalue weighted by molar-refractivity contribution is 5.95. The van der Waals surface area contributed by atoms with E-state index >= 15 is 0 Å². The fourth-order valence-corrected chi connectivity index (χ4v) is 4.51. The van der Waals surface area contributed by atoms with Crippen LogP contribution in [0.5, 0.6) is 0 Å². The van der Waals surface area contributed by atoms with Crippen LogP contribution in [0.2, 0.25) is 0 Å².